The quantitative estimate of drug-likeness (QED) is 0.107. The zero-order valence-electron chi connectivity index (χ0n) is 21.0. The minimum atomic E-state index is -5.93. The molecular formula is C25H45F7O2. The first-order valence-corrected chi connectivity index (χ1v) is 13.0. The predicted octanol–water partition coefficient (Wildman–Crippen LogP) is 9.50. The van der Waals surface area contributed by atoms with Crippen LogP contribution in [0.1, 0.15) is 117 Å². The fourth-order valence-corrected chi connectivity index (χ4v) is 3.68. The lowest BCUT2D eigenvalue weighted by Crippen LogP contribution is -2.53. The first-order valence-electron chi connectivity index (χ1n) is 13.0. The van der Waals surface area contributed by atoms with Crippen molar-refractivity contribution < 1.29 is 40.2 Å². The third kappa shape index (κ3) is 14.7. The molecule has 2 nitrogen and oxygen atoms in total. The van der Waals surface area contributed by atoms with E-state index < -0.39 is 30.9 Å². The molecule has 0 aliphatic carbocycles. The SMILES string of the molecule is CCCCOC(CC)COCCCCCCCCCCCCCCC(F)(C(F)(F)F)C(F)(F)F. The molecule has 0 N–H and O–H groups in total. The molecule has 0 bridgehead atoms. The highest BCUT2D eigenvalue weighted by Gasteiger charge is 2.71. The van der Waals surface area contributed by atoms with Gasteiger partial charge < -0.3 is 9.47 Å². The maximum absolute atomic E-state index is 13.5. The van der Waals surface area contributed by atoms with Crippen LogP contribution in [-0.4, -0.2) is 43.9 Å². The van der Waals surface area contributed by atoms with Crippen molar-refractivity contribution in [3.05, 3.63) is 0 Å². The molecule has 0 heterocycles. The van der Waals surface area contributed by atoms with Crippen molar-refractivity contribution in [3.63, 3.8) is 0 Å². The number of hydrogen-bond acceptors (Lipinski definition) is 2. The van der Waals surface area contributed by atoms with Gasteiger partial charge in [-0.3, -0.25) is 0 Å². The number of ether oxygens (including phenoxy) is 2. The number of hydrogen-bond donors (Lipinski definition) is 0. The average molecular weight is 511 g/mol. The monoisotopic (exact) mass is 510 g/mol. The Hall–Kier alpha value is -0.570. The molecular weight excluding hydrogens is 465 g/mol. The molecule has 0 aliphatic rings. The van der Waals surface area contributed by atoms with Crippen molar-refractivity contribution >= 4 is 0 Å². The molecule has 0 aromatic heterocycles. The van der Waals surface area contributed by atoms with Crippen molar-refractivity contribution in [3.8, 4) is 0 Å². The summed E-state index contributed by atoms with van der Waals surface area (Å²) < 4.78 is 99.8. The summed E-state index contributed by atoms with van der Waals surface area (Å²) in [7, 11) is 0. The maximum Gasteiger partial charge on any atom is 0.431 e. The second-order valence-electron chi connectivity index (χ2n) is 9.12. The Morgan fingerprint density at radius 1 is 0.559 bits per heavy atom. The van der Waals surface area contributed by atoms with Gasteiger partial charge in [0.05, 0.1) is 12.7 Å². The number of alkyl halides is 7. The van der Waals surface area contributed by atoms with Gasteiger partial charge in [-0.1, -0.05) is 84.5 Å². The number of rotatable bonds is 22. The summed E-state index contributed by atoms with van der Waals surface area (Å²) in [5.74, 6) is 0. The summed E-state index contributed by atoms with van der Waals surface area (Å²) >= 11 is 0. The van der Waals surface area contributed by atoms with Gasteiger partial charge in [-0.2, -0.15) is 26.3 Å². The zero-order chi connectivity index (χ0) is 25.9. The molecule has 206 valence electrons. The van der Waals surface area contributed by atoms with Gasteiger partial charge in [0.25, 0.3) is 5.67 Å². The van der Waals surface area contributed by atoms with E-state index in [0.717, 1.165) is 90.3 Å². The Bertz CT molecular complexity index is 453. The maximum atomic E-state index is 13.5. The first-order chi connectivity index (χ1) is 16.0. The molecule has 0 saturated carbocycles. The molecule has 0 aliphatic heterocycles. The average Bonchev–Trinajstić information content (AvgIpc) is 2.75. The molecule has 0 saturated heterocycles. The lowest BCUT2D eigenvalue weighted by atomic mass is 9.96. The van der Waals surface area contributed by atoms with Crippen molar-refractivity contribution in [1.82, 2.24) is 0 Å². The zero-order valence-corrected chi connectivity index (χ0v) is 21.0. The van der Waals surface area contributed by atoms with Crippen molar-refractivity contribution in [2.24, 2.45) is 0 Å². The molecule has 0 rings (SSSR count). The lowest BCUT2D eigenvalue weighted by molar-refractivity contribution is -0.343. The fourth-order valence-electron chi connectivity index (χ4n) is 3.68. The molecule has 0 fully saturated rings. The third-order valence-electron chi connectivity index (χ3n) is 6.07. The van der Waals surface area contributed by atoms with E-state index in [4.69, 9.17) is 9.47 Å². The number of unbranched alkanes of at least 4 members (excludes halogenated alkanes) is 12. The molecule has 34 heavy (non-hydrogen) atoms. The minimum absolute atomic E-state index is 0.170. The van der Waals surface area contributed by atoms with Crippen LogP contribution in [0.5, 0.6) is 0 Å². The predicted molar refractivity (Wildman–Crippen MR) is 122 cm³/mol. The second kappa shape index (κ2) is 18.7. The summed E-state index contributed by atoms with van der Waals surface area (Å²) in [5.41, 5.74) is -5.10. The van der Waals surface area contributed by atoms with Crippen LogP contribution >= 0.6 is 0 Å². The van der Waals surface area contributed by atoms with Crippen LogP contribution in [0.3, 0.4) is 0 Å². The fraction of sp³-hybridized carbons (Fsp3) is 1.00. The van der Waals surface area contributed by atoms with Gasteiger partial charge in [-0.15, -0.1) is 0 Å². The van der Waals surface area contributed by atoms with E-state index in [-0.39, 0.29) is 12.5 Å². The second-order valence-corrected chi connectivity index (χ2v) is 9.12. The largest absolute Gasteiger partial charge is 0.431 e. The van der Waals surface area contributed by atoms with Crippen molar-refractivity contribution in [2.75, 3.05) is 19.8 Å². The Morgan fingerprint density at radius 3 is 1.41 bits per heavy atom. The van der Waals surface area contributed by atoms with E-state index in [1.54, 1.807) is 0 Å². The standard InChI is InChI=1S/C25H45F7O2/c1-3-5-20-34-22(4-2)21-33-19-17-15-13-11-9-7-6-8-10-12-14-16-18-23(26,24(27,28)29)25(30,31)32/h22H,3-21H2,1-2H3. The summed E-state index contributed by atoms with van der Waals surface area (Å²) in [6.45, 7) is 6.44. The van der Waals surface area contributed by atoms with Crippen LogP contribution < -0.4 is 0 Å². The summed E-state index contributed by atoms with van der Waals surface area (Å²) in [6, 6.07) is 0. The molecule has 0 radical (unpaired) electrons. The topological polar surface area (TPSA) is 18.5 Å². The van der Waals surface area contributed by atoms with Crippen LogP contribution in [0.2, 0.25) is 0 Å². The Labute approximate surface area is 201 Å². The first kappa shape index (κ1) is 33.4. The minimum Gasteiger partial charge on any atom is -0.379 e. The smallest absolute Gasteiger partial charge is 0.379 e. The molecule has 0 aromatic rings. The van der Waals surface area contributed by atoms with E-state index in [2.05, 4.69) is 13.8 Å². The Balaban J connectivity index is 3.53. The molecule has 1 unspecified atom stereocenters. The van der Waals surface area contributed by atoms with Gasteiger partial charge in [0.15, 0.2) is 0 Å². The van der Waals surface area contributed by atoms with Gasteiger partial charge in [-0.05, 0) is 32.1 Å². The van der Waals surface area contributed by atoms with Crippen LogP contribution in [-0.2, 0) is 9.47 Å². The van der Waals surface area contributed by atoms with E-state index in [1.807, 2.05) is 0 Å². The summed E-state index contributed by atoms with van der Waals surface area (Å²) in [4.78, 5) is 0. The summed E-state index contributed by atoms with van der Waals surface area (Å²) in [5, 5.41) is 0. The Kier molecular flexibility index (Phi) is 18.4. The molecule has 0 spiro atoms. The van der Waals surface area contributed by atoms with Gasteiger partial charge in [0.1, 0.15) is 0 Å². The third-order valence-corrected chi connectivity index (χ3v) is 6.07. The highest BCUT2D eigenvalue weighted by molar-refractivity contribution is 4.94. The van der Waals surface area contributed by atoms with Crippen LogP contribution in [0.25, 0.3) is 0 Å². The van der Waals surface area contributed by atoms with E-state index in [9.17, 15) is 30.7 Å². The van der Waals surface area contributed by atoms with Crippen LogP contribution in [0.15, 0.2) is 0 Å². The normalized spacial score (nSPS) is 14.0. The van der Waals surface area contributed by atoms with E-state index in [0.29, 0.717) is 13.0 Å². The summed E-state index contributed by atoms with van der Waals surface area (Å²) in [6.07, 6.45) is -0.532. The molecule has 9 heteroatoms. The van der Waals surface area contributed by atoms with Crippen molar-refractivity contribution in [2.45, 2.75) is 141 Å². The molecule has 0 aromatic carbocycles. The van der Waals surface area contributed by atoms with Gasteiger partial charge in [0, 0.05) is 13.2 Å². The van der Waals surface area contributed by atoms with E-state index >= 15 is 0 Å². The lowest BCUT2D eigenvalue weighted by Gasteiger charge is -2.29. The number of halogens is 7. The van der Waals surface area contributed by atoms with Gasteiger partial charge in [-0.25, -0.2) is 4.39 Å². The molecule has 0 amide bonds. The highest BCUT2D eigenvalue weighted by Crippen LogP contribution is 2.49. The van der Waals surface area contributed by atoms with Gasteiger partial charge in [0.2, 0.25) is 0 Å². The Morgan fingerprint density at radius 2 is 1.00 bits per heavy atom. The highest BCUT2D eigenvalue weighted by atomic mass is 19.4. The van der Waals surface area contributed by atoms with Gasteiger partial charge >= 0.3 is 12.4 Å². The van der Waals surface area contributed by atoms with Crippen LogP contribution in [0, 0.1) is 0 Å². The van der Waals surface area contributed by atoms with Crippen LogP contribution in [0.4, 0.5) is 30.7 Å². The van der Waals surface area contributed by atoms with Crippen molar-refractivity contribution in [1.29, 1.82) is 0 Å². The molecule has 1 atom stereocenters. The van der Waals surface area contributed by atoms with E-state index in [1.165, 1.54) is 0 Å².